The van der Waals surface area contributed by atoms with E-state index in [9.17, 15) is 4.79 Å². The third-order valence-electron chi connectivity index (χ3n) is 5.69. The van der Waals surface area contributed by atoms with Crippen molar-refractivity contribution >= 4 is 18.3 Å². The molecule has 0 radical (unpaired) electrons. The van der Waals surface area contributed by atoms with Gasteiger partial charge in [-0.25, -0.2) is 0 Å². The molecule has 1 amide bonds. The van der Waals surface area contributed by atoms with E-state index in [-0.39, 0.29) is 30.8 Å². The zero-order valence-electron chi connectivity index (χ0n) is 15.9. The van der Waals surface area contributed by atoms with Crippen molar-refractivity contribution in [3.63, 3.8) is 0 Å². The molecule has 1 saturated heterocycles. The number of para-hydroxylation sites is 1. The zero-order chi connectivity index (χ0) is 18.7. The summed E-state index contributed by atoms with van der Waals surface area (Å²) in [5.74, 6) is 2.21. The zero-order valence-corrected chi connectivity index (χ0v) is 16.7. The number of piperidine rings is 1. The second-order valence-corrected chi connectivity index (χ2v) is 7.58. The number of likely N-dealkylation sites (tertiary alicyclic amines) is 1. The lowest BCUT2D eigenvalue weighted by molar-refractivity contribution is -0.134. The molecule has 2 heterocycles. The average Bonchev–Trinajstić information content (AvgIpc) is 3.37. The third-order valence-corrected chi connectivity index (χ3v) is 5.69. The van der Waals surface area contributed by atoms with Gasteiger partial charge in [0.2, 0.25) is 5.89 Å². The fraction of sp³-hybridized carbons (Fsp3) is 0.550. The number of amides is 1. The number of hydrogen-bond acceptors (Lipinski definition) is 6. The van der Waals surface area contributed by atoms with Gasteiger partial charge in [-0.15, -0.1) is 12.4 Å². The molecule has 2 fully saturated rings. The molecule has 152 valence electrons. The summed E-state index contributed by atoms with van der Waals surface area (Å²) in [4.78, 5) is 18.8. The maximum absolute atomic E-state index is 12.4. The highest BCUT2D eigenvalue weighted by Gasteiger charge is 2.37. The quantitative estimate of drug-likeness (QED) is 0.820. The van der Waals surface area contributed by atoms with E-state index in [1.165, 1.54) is 0 Å². The van der Waals surface area contributed by atoms with E-state index in [1.807, 2.05) is 35.2 Å². The molecular weight excluding hydrogens is 380 g/mol. The maximum Gasteiger partial charge on any atom is 0.260 e. The van der Waals surface area contributed by atoms with Crippen molar-refractivity contribution in [1.82, 2.24) is 15.0 Å². The standard InChI is InChI=1S/C20H26N4O3.ClH/c21-20(10-4-5-11-20)19-22-18(27-23-19)15-8-12-24(13-9-15)17(25)14-26-16-6-2-1-3-7-16;/h1-3,6-7,15H,4-5,8-14,21H2;1H. The van der Waals surface area contributed by atoms with Crippen molar-refractivity contribution in [1.29, 1.82) is 0 Å². The lowest BCUT2D eigenvalue weighted by Crippen LogP contribution is -2.40. The first-order valence-electron chi connectivity index (χ1n) is 9.73. The molecule has 1 aromatic carbocycles. The molecule has 2 N–H and O–H groups in total. The highest BCUT2D eigenvalue weighted by molar-refractivity contribution is 5.85. The van der Waals surface area contributed by atoms with E-state index in [1.54, 1.807) is 0 Å². The predicted octanol–water partition coefficient (Wildman–Crippen LogP) is 3.00. The average molecular weight is 407 g/mol. The summed E-state index contributed by atoms with van der Waals surface area (Å²) in [5, 5.41) is 4.15. The summed E-state index contributed by atoms with van der Waals surface area (Å²) in [6.45, 7) is 1.41. The van der Waals surface area contributed by atoms with Crippen LogP contribution in [0.15, 0.2) is 34.9 Å². The van der Waals surface area contributed by atoms with Crippen LogP contribution in [0.4, 0.5) is 0 Å². The Hall–Kier alpha value is -2.12. The maximum atomic E-state index is 12.4. The van der Waals surface area contributed by atoms with E-state index in [4.69, 9.17) is 15.0 Å². The molecule has 2 aromatic rings. The lowest BCUT2D eigenvalue weighted by atomic mass is 9.96. The Labute approximate surface area is 171 Å². The van der Waals surface area contributed by atoms with Gasteiger partial charge >= 0.3 is 0 Å². The van der Waals surface area contributed by atoms with Gasteiger partial charge in [-0.1, -0.05) is 36.2 Å². The molecule has 4 rings (SSSR count). The number of benzene rings is 1. The van der Waals surface area contributed by atoms with Gasteiger partial charge in [-0.3, -0.25) is 4.79 Å². The van der Waals surface area contributed by atoms with Crippen LogP contribution in [-0.4, -0.2) is 40.6 Å². The Bertz CT molecular complexity index is 769. The van der Waals surface area contributed by atoms with E-state index in [2.05, 4.69) is 10.1 Å². The van der Waals surface area contributed by atoms with Crippen molar-refractivity contribution in [3.05, 3.63) is 42.0 Å². The highest BCUT2D eigenvalue weighted by Crippen LogP contribution is 2.36. The molecule has 0 atom stereocenters. The Morgan fingerprint density at radius 1 is 1.21 bits per heavy atom. The Morgan fingerprint density at radius 2 is 1.89 bits per heavy atom. The molecule has 0 bridgehead atoms. The third kappa shape index (κ3) is 4.47. The van der Waals surface area contributed by atoms with Gasteiger partial charge in [0.05, 0.1) is 5.54 Å². The molecule has 1 aliphatic carbocycles. The number of rotatable bonds is 5. The first kappa shape index (κ1) is 20.6. The molecule has 0 spiro atoms. The number of nitrogens with two attached hydrogens (primary N) is 1. The first-order chi connectivity index (χ1) is 13.1. The monoisotopic (exact) mass is 406 g/mol. The summed E-state index contributed by atoms with van der Waals surface area (Å²) in [6.07, 6.45) is 5.70. The second kappa shape index (κ2) is 8.92. The molecule has 1 aliphatic heterocycles. The molecule has 2 aliphatic rings. The van der Waals surface area contributed by atoms with Crippen LogP contribution >= 0.6 is 12.4 Å². The van der Waals surface area contributed by atoms with Gasteiger partial charge < -0.3 is 19.9 Å². The van der Waals surface area contributed by atoms with Crippen molar-refractivity contribution in [3.8, 4) is 5.75 Å². The van der Waals surface area contributed by atoms with Crippen LogP contribution in [0.3, 0.4) is 0 Å². The van der Waals surface area contributed by atoms with Gasteiger partial charge in [-0.2, -0.15) is 4.98 Å². The largest absolute Gasteiger partial charge is 0.484 e. The predicted molar refractivity (Wildman–Crippen MR) is 106 cm³/mol. The fourth-order valence-electron chi connectivity index (χ4n) is 3.96. The van der Waals surface area contributed by atoms with Crippen molar-refractivity contribution < 1.29 is 14.1 Å². The van der Waals surface area contributed by atoms with Gasteiger partial charge in [0, 0.05) is 19.0 Å². The molecule has 7 nitrogen and oxygen atoms in total. The van der Waals surface area contributed by atoms with Crippen LogP contribution in [0, 0.1) is 0 Å². The smallest absolute Gasteiger partial charge is 0.260 e. The molecule has 1 saturated carbocycles. The van der Waals surface area contributed by atoms with E-state index in [0.717, 1.165) is 38.5 Å². The van der Waals surface area contributed by atoms with Crippen LogP contribution in [0.1, 0.15) is 56.2 Å². The number of halogens is 1. The Balaban J connectivity index is 0.00000225. The SMILES string of the molecule is Cl.NC1(c2noc(C3CCN(C(=O)COc4ccccc4)CC3)n2)CCCC1. The summed E-state index contributed by atoms with van der Waals surface area (Å²) in [5.41, 5.74) is 5.99. The minimum Gasteiger partial charge on any atom is -0.484 e. The van der Waals surface area contributed by atoms with Crippen LogP contribution in [0.25, 0.3) is 0 Å². The van der Waals surface area contributed by atoms with Crippen LogP contribution in [0.2, 0.25) is 0 Å². The van der Waals surface area contributed by atoms with E-state index in [0.29, 0.717) is 30.6 Å². The second-order valence-electron chi connectivity index (χ2n) is 7.58. The van der Waals surface area contributed by atoms with Crippen LogP contribution in [0.5, 0.6) is 5.75 Å². The van der Waals surface area contributed by atoms with Crippen molar-refractivity contribution in [2.45, 2.75) is 50.0 Å². The number of nitrogens with zero attached hydrogens (tertiary/aromatic N) is 3. The minimum absolute atomic E-state index is 0. The minimum atomic E-state index is -0.423. The summed E-state index contributed by atoms with van der Waals surface area (Å²) >= 11 is 0. The summed E-state index contributed by atoms with van der Waals surface area (Å²) in [6, 6.07) is 9.39. The number of carbonyl (C=O) groups is 1. The molecule has 1 aromatic heterocycles. The topological polar surface area (TPSA) is 94.5 Å². The number of ether oxygens (including phenoxy) is 1. The highest BCUT2D eigenvalue weighted by atomic mass is 35.5. The number of carbonyl (C=O) groups excluding carboxylic acids is 1. The summed E-state index contributed by atoms with van der Waals surface area (Å²) < 4.78 is 11.1. The fourth-order valence-corrected chi connectivity index (χ4v) is 3.96. The van der Waals surface area contributed by atoms with E-state index >= 15 is 0 Å². The van der Waals surface area contributed by atoms with Crippen LogP contribution in [-0.2, 0) is 10.3 Å². The van der Waals surface area contributed by atoms with Gasteiger partial charge in [-0.05, 0) is 37.8 Å². The molecule has 28 heavy (non-hydrogen) atoms. The first-order valence-corrected chi connectivity index (χ1v) is 9.73. The Morgan fingerprint density at radius 3 is 2.57 bits per heavy atom. The lowest BCUT2D eigenvalue weighted by Gasteiger charge is -2.30. The summed E-state index contributed by atoms with van der Waals surface area (Å²) in [7, 11) is 0. The van der Waals surface area contributed by atoms with Crippen LogP contribution < -0.4 is 10.5 Å². The van der Waals surface area contributed by atoms with Crippen molar-refractivity contribution in [2.24, 2.45) is 5.73 Å². The number of hydrogen-bond donors (Lipinski definition) is 1. The van der Waals surface area contributed by atoms with Gasteiger partial charge in [0.15, 0.2) is 12.4 Å². The molecule has 0 unspecified atom stereocenters. The van der Waals surface area contributed by atoms with E-state index < -0.39 is 5.54 Å². The van der Waals surface area contributed by atoms with Gasteiger partial charge in [0.1, 0.15) is 5.75 Å². The van der Waals surface area contributed by atoms with Gasteiger partial charge in [0.25, 0.3) is 5.91 Å². The van der Waals surface area contributed by atoms with Crippen molar-refractivity contribution in [2.75, 3.05) is 19.7 Å². The Kier molecular flexibility index (Phi) is 6.57. The molecule has 8 heteroatoms. The molecular formula is C20H27ClN4O3. The number of aromatic nitrogens is 2. The normalized spacial score (nSPS) is 19.2.